The minimum atomic E-state index is -0.0750. The molecule has 0 bridgehead atoms. The number of imidazole rings is 1. The van der Waals surface area contributed by atoms with Crippen molar-refractivity contribution in [2.45, 2.75) is 26.5 Å². The summed E-state index contributed by atoms with van der Waals surface area (Å²) < 4.78 is 7.70. The topological polar surface area (TPSA) is 55.6 Å². The summed E-state index contributed by atoms with van der Waals surface area (Å²) in [4.78, 5) is 18.5. The summed E-state index contributed by atoms with van der Waals surface area (Å²) in [6.07, 6.45) is 5.72. The Morgan fingerprint density at radius 3 is 2.93 bits per heavy atom. The standard InChI is InChI=1S/C22H21N3O2S/c1-15(2)27-18-5-3-4-17(13-18)19-6-7-20(28-19)22(26)24-14-16-8-10-25-11-9-23-21(25)12-16/h3-13,15H,14H2,1-2H3,(H,24,26). The van der Waals surface area contributed by atoms with Gasteiger partial charge in [-0.3, -0.25) is 4.79 Å². The third kappa shape index (κ3) is 4.07. The molecule has 0 atom stereocenters. The smallest absolute Gasteiger partial charge is 0.261 e. The first kappa shape index (κ1) is 18.3. The fourth-order valence-electron chi connectivity index (χ4n) is 2.94. The lowest BCUT2D eigenvalue weighted by atomic mass is 10.2. The van der Waals surface area contributed by atoms with Crippen LogP contribution >= 0.6 is 11.3 Å². The van der Waals surface area contributed by atoms with E-state index >= 15 is 0 Å². The van der Waals surface area contributed by atoms with Crippen molar-refractivity contribution in [2.24, 2.45) is 0 Å². The van der Waals surface area contributed by atoms with Crippen molar-refractivity contribution in [1.29, 1.82) is 0 Å². The highest BCUT2D eigenvalue weighted by molar-refractivity contribution is 7.17. The number of carbonyl (C=O) groups is 1. The number of amides is 1. The van der Waals surface area contributed by atoms with Crippen molar-refractivity contribution in [3.05, 3.63) is 77.6 Å². The van der Waals surface area contributed by atoms with Crippen LogP contribution in [0.2, 0.25) is 0 Å². The summed E-state index contributed by atoms with van der Waals surface area (Å²) in [5.74, 6) is 0.760. The third-order valence-electron chi connectivity index (χ3n) is 4.24. The maximum atomic E-state index is 12.5. The highest BCUT2D eigenvalue weighted by atomic mass is 32.1. The molecule has 0 aliphatic rings. The summed E-state index contributed by atoms with van der Waals surface area (Å²) in [6, 6.07) is 15.7. The van der Waals surface area contributed by atoms with Crippen LogP contribution in [0.25, 0.3) is 16.1 Å². The molecule has 0 radical (unpaired) electrons. The third-order valence-corrected chi connectivity index (χ3v) is 5.37. The summed E-state index contributed by atoms with van der Waals surface area (Å²) in [5, 5.41) is 2.98. The monoisotopic (exact) mass is 391 g/mol. The second kappa shape index (κ2) is 7.86. The minimum absolute atomic E-state index is 0.0750. The number of hydrogen-bond acceptors (Lipinski definition) is 4. The average Bonchev–Trinajstić information content (AvgIpc) is 3.35. The Bertz CT molecular complexity index is 1110. The molecule has 3 heterocycles. The Morgan fingerprint density at radius 1 is 1.18 bits per heavy atom. The molecule has 3 aromatic heterocycles. The molecule has 6 heteroatoms. The van der Waals surface area contributed by atoms with Gasteiger partial charge in [0.25, 0.3) is 5.91 Å². The summed E-state index contributed by atoms with van der Waals surface area (Å²) in [5.41, 5.74) is 2.93. The molecule has 142 valence electrons. The lowest BCUT2D eigenvalue weighted by molar-refractivity contribution is 0.0955. The Morgan fingerprint density at radius 2 is 2.07 bits per heavy atom. The van der Waals surface area contributed by atoms with Crippen molar-refractivity contribution >= 4 is 22.9 Å². The van der Waals surface area contributed by atoms with E-state index < -0.39 is 0 Å². The number of nitrogens with one attached hydrogen (secondary N) is 1. The van der Waals surface area contributed by atoms with Crippen molar-refractivity contribution in [3.8, 4) is 16.2 Å². The first-order valence-electron chi connectivity index (χ1n) is 9.15. The van der Waals surface area contributed by atoms with Crippen LogP contribution in [0.15, 0.2) is 67.1 Å². The Labute approximate surface area is 167 Å². The lowest BCUT2D eigenvalue weighted by Gasteiger charge is -2.10. The number of fused-ring (bicyclic) bond motifs is 1. The number of carbonyl (C=O) groups excluding carboxylic acids is 1. The van der Waals surface area contributed by atoms with E-state index in [1.54, 1.807) is 6.20 Å². The Hall–Kier alpha value is -3.12. The van der Waals surface area contributed by atoms with Gasteiger partial charge in [0.1, 0.15) is 11.4 Å². The molecule has 0 aliphatic carbocycles. The quantitative estimate of drug-likeness (QED) is 0.515. The molecule has 1 aromatic carbocycles. The number of nitrogens with zero attached hydrogens (tertiary/aromatic N) is 2. The second-order valence-electron chi connectivity index (χ2n) is 6.77. The van der Waals surface area contributed by atoms with E-state index in [0.717, 1.165) is 27.4 Å². The SMILES string of the molecule is CC(C)Oc1cccc(-c2ccc(C(=O)NCc3ccn4ccnc4c3)s2)c1. The van der Waals surface area contributed by atoms with E-state index in [9.17, 15) is 4.79 Å². The molecular weight excluding hydrogens is 370 g/mol. The summed E-state index contributed by atoms with van der Waals surface area (Å²) >= 11 is 1.48. The number of rotatable bonds is 6. The van der Waals surface area contributed by atoms with Crippen molar-refractivity contribution < 1.29 is 9.53 Å². The second-order valence-corrected chi connectivity index (χ2v) is 7.85. The van der Waals surface area contributed by atoms with Crippen molar-refractivity contribution in [2.75, 3.05) is 0 Å². The molecule has 0 unspecified atom stereocenters. The van der Waals surface area contributed by atoms with Gasteiger partial charge in [-0.25, -0.2) is 4.98 Å². The van der Waals surface area contributed by atoms with E-state index in [0.29, 0.717) is 11.4 Å². The molecule has 4 rings (SSSR count). The van der Waals surface area contributed by atoms with Gasteiger partial charge in [0, 0.05) is 30.0 Å². The highest BCUT2D eigenvalue weighted by Gasteiger charge is 2.11. The van der Waals surface area contributed by atoms with Crippen LogP contribution in [0.1, 0.15) is 29.1 Å². The molecule has 4 aromatic rings. The molecule has 1 amide bonds. The summed E-state index contributed by atoms with van der Waals surface area (Å²) in [6.45, 7) is 4.47. The van der Waals surface area contributed by atoms with Gasteiger partial charge in [0.05, 0.1) is 11.0 Å². The predicted octanol–water partition coefficient (Wildman–Crippen LogP) is 4.78. The van der Waals surface area contributed by atoms with Gasteiger partial charge in [-0.05, 0) is 61.4 Å². The fraction of sp³-hybridized carbons (Fsp3) is 0.182. The summed E-state index contributed by atoms with van der Waals surface area (Å²) in [7, 11) is 0. The van der Waals surface area contributed by atoms with Crippen LogP contribution in [0, 0.1) is 0 Å². The number of thiophene rings is 1. The van der Waals surface area contributed by atoms with E-state index in [4.69, 9.17) is 4.74 Å². The van der Waals surface area contributed by atoms with Crippen LogP contribution in [0.4, 0.5) is 0 Å². The van der Waals surface area contributed by atoms with Gasteiger partial charge in [-0.1, -0.05) is 12.1 Å². The van der Waals surface area contributed by atoms with Crippen LogP contribution in [0.5, 0.6) is 5.75 Å². The van der Waals surface area contributed by atoms with Crippen molar-refractivity contribution in [3.63, 3.8) is 0 Å². The molecule has 0 saturated heterocycles. The fourth-order valence-corrected chi connectivity index (χ4v) is 3.86. The van der Waals surface area contributed by atoms with Crippen molar-refractivity contribution in [1.82, 2.24) is 14.7 Å². The molecule has 0 aliphatic heterocycles. The number of aromatic nitrogens is 2. The zero-order chi connectivity index (χ0) is 19.5. The van der Waals surface area contributed by atoms with Crippen LogP contribution < -0.4 is 10.1 Å². The minimum Gasteiger partial charge on any atom is -0.491 e. The number of ether oxygens (including phenoxy) is 1. The van der Waals surface area contributed by atoms with Crippen LogP contribution in [-0.4, -0.2) is 21.4 Å². The zero-order valence-electron chi connectivity index (χ0n) is 15.8. The van der Waals surface area contributed by atoms with Gasteiger partial charge in [-0.15, -0.1) is 11.3 Å². The highest BCUT2D eigenvalue weighted by Crippen LogP contribution is 2.30. The maximum absolute atomic E-state index is 12.5. The van der Waals surface area contributed by atoms with E-state index in [-0.39, 0.29) is 12.0 Å². The molecular formula is C22H21N3O2S. The number of pyridine rings is 1. The maximum Gasteiger partial charge on any atom is 0.261 e. The normalized spacial score (nSPS) is 11.1. The van der Waals surface area contributed by atoms with E-state index in [2.05, 4.69) is 10.3 Å². The Balaban J connectivity index is 1.44. The largest absolute Gasteiger partial charge is 0.491 e. The van der Waals surface area contributed by atoms with Gasteiger partial charge in [0.2, 0.25) is 0 Å². The first-order valence-corrected chi connectivity index (χ1v) is 9.97. The zero-order valence-corrected chi connectivity index (χ0v) is 16.6. The molecule has 5 nitrogen and oxygen atoms in total. The molecule has 1 N–H and O–H groups in total. The predicted molar refractivity (Wildman–Crippen MR) is 112 cm³/mol. The van der Waals surface area contributed by atoms with Gasteiger partial charge in [0.15, 0.2) is 0 Å². The average molecular weight is 391 g/mol. The van der Waals surface area contributed by atoms with Gasteiger partial charge >= 0.3 is 0 Å². The van der Waals surface area contributed by atoms with Gasteiger partial charge < -0.3 is 14.5 Å². The number of hydrogen-bond donors (Lipinski definition) is 1. The molecule has 28 heavy (non-hydrogen) atoms. The van der Waals surface area contributed by atoms with E-state index in [1.165, 1.54) is 11.3 Å². The van der Waals surface area contributed by atoms with Gasteiger partial charge in [-0.2, -0.15) is 0 Å². The molecule has 0 fully saturated rings. The Kier molecular flexibility index (Phi) is 5.12. The van der Waals surface area contributed by atoms with Crippen LogP contribution in [0.3, 0.4) is 0 Å². The number of benzene rings is 1. The van der Waals surface area contributed by atoms with Crippen LogP contribution in [-0.2, 0) is 6.54 Å². The first-order chi connectivity index (χ1) is 13.6. The molecule has 0 spiro atoms. The lowest BCUT2D eigenvalue weighted by Crippen LogP contribution is -2.21. The van der Waals surface area contributed by atoms with E-state index in [1.807, 2.05) is 79.2 Å². The molecule has 0 saturated carbocycles.